The molecule has 0 aliphatic carbocycles. The van der Waals surface area contributed by atoms with E-state index in [1.807, 2.05) is 22.6 Å². The second-order valence-corrected chi connectivity index (χ2v) is 10.6. The van der Waals surface area contributed by atoms with E-state index in [-0.39, 0.29) is 45.9 Å². The van der Waals surface area contributed by atoms with Crippen LogP contribution in [0.25, 0.3) is 21.8 Å². The van der Waals surface area contributed by atoms with Gasteiger partial charge in [0, 0.05) is 102 Å². The monoisotopic (exact) mass is 721 g/mol. The Morgan fingerprint density at radius 1 is 0.660 bits per heavy atom. The Bertz CT molecular complexity index is 1590. The van der Waals surface area contributed by atoms with Crippen LogP contribution in [0, 0.1) is 0 Å². The maximum Gasteiger partial charge on any atom is 0.228 e. The number of rotatable bonds is 8. The summed E-state index contributed by atoms with van der Waals surface area (Å²) in [6.45, 7) is 4.47. The topological polar surface area (TPSA) is 210 Å². The third-order valence-corrected chi connectivity index (χ3v) is 7.98. The minimum atomic E-state index is -0.183. The van der Waals surface area contributed by atoms with Gasteiger partial charge in [-0.3, -0.25) is 0 Å². The zero-order valence-corrected chi connectivity index (χ0v) is 29.1. The Balaban J connectivity index is 0.000000208. The molecule has 6 rings (SSSR count). The molecule has 2 aromatic heterocycles. The van der Waals surface area contributed by atoms with E-state index in [1.165, 1.54) is 0 Å². The standard InChI is InChI=1S/2C15H18N5O3.Y/c1-22-12-7-10-11(8-13(12)23-2)17-15(18-14(10)16)20-5-3-19(9-21)4-6-20;16-14-12-5-10(7-21)11(8-22)6-13(12)17-15(18-14)20-3-1-19(9-23)2-4-20;/h7-8H,3-6H2,1-2H3,(H2,16,17,18);5-6,21-22H,1-4,7-8H2,(H2,16,17,18);/q2*-1;. The fourth-order valence-electron chi connectivity index (χ4n) is 5.31. The third kappa shape index (κ3) is 7.89. The molecule has 247 valence electrons. The number of fused-ring (bicyclic) bond motifs is 2. The number of amides is 2. The minimum absolute atomic E-state index is 0. The number of nitrogen functional groups attached to an aromatic ring is 2. The van der Waals surface area contributed by atoms with Crippen LogP contribution in [-0.4, -0.2) is 119 Å². The van der Waals surface area contributed by atoms with Gasteiger partial charge in [0.05, 0.1) is 38.5 Å². The average Bonchev–Trinajstić information content (AvgIpc) is 3.10. The molecule has 0 unspecified atom stereocenters. The molecular weight excluding hydrogens is 685 g/mol. The Labute approximate surface area is 296 Å². The summed E-state index contributed by atoms with van der Waals surface area (Å²) in [5.74, 6) is 2.93. The Hall–Kier alpha value is -4.12. The van der Waals surface area contributed by atoms with Gasteiger partial charge in [-0.1, -0.05) is 0 Å². The number of anilines is 4. The molecule has 16 nitrogen and oxygen atoms in total. The number of hydrogen-bond acceptors (Lipinski definition) is 14. The van der Waals surface area contributed by atoms with Crippen molar-refractivity contribution < 1.29 is 62.0 Å². The summed E-state index contributed by atoms with van der Waals surface area (Å²) in [4.78, 5) is 46.3. The minimum Gasteiger partial charge on any atom is -0.520 e. The number of ether oxygens (including phenoxy) is 2. The van der Waals surface area contributed by atoms with Crippen LogP contribution in [-0.2, 0) is 55.5 Å². The van der Waals surface area contributed by atoms with Gasteiger partial charge in [0.2, 0.25) is 11.9 Å². The molecule has 2 aliphatic rings. The summed E-state index contributed by atoms with van der Waals surface area (Å²) < 4.78 is 10.6. The third-order valence-electron chi connectivity index (χ3n) is 7.98. The van der Waals surface area contributed by atoms with Crippen molar-refractivity contribution in [2.24, 2.45) is 0 Å². The SMILES string of the molecule is COc1cc2nc(N3CCN([C-]=O)CC3)nc(N)c2cc1OC.Nc1nc(N2CCN([C-]=O)CC2)nc2cc(CO)c(CO)cc12.[Y]. The molecule has 47 heavy (non-hydrogen) atoms. The van der Waals surface area contributed by atoms with Gasteiger partial charge in [0.15, 0.2) is 11.5 Å². The molecule has 0 spiro atoms. The fourth-order valence-corrected chi connectivity index (χ4v) is 5.31. The summed E-state index contributed by atoms with van der Waals surface area (Å²) in [7, 11) is 3.14. The van der Waals surface area contributed by atoms with Crippen LogP contribution in [0.5, 0.6) is 11.5 Å². The summed E-state index contributed by atoms with van der Waals surface area (Å²) in [6, 6.07) is 6.98. The molecule has 17 heteroatoms. The first kappa shape index (κ1) is 35.7. The van der Waals surface area contributed by atoms with Crippen molar-refractivity contribution in [3.63, 3.8) is 0 Å². The molecule has 4 heterocycles. The maximum atomic E-state index is 10.7. The van der Waals surface area contributed by atoms with E-state index in [2.05, 4.69) is 19.9 Å². The zero-order chi connectivity index (χ0) is 32.8. The van der Waals surface area contributed by atoms with Gasteiger partial charge in [-0.25, -0.2) is 9.97 Å². The molecular formula is C30H36N10O6Y-2. The number of benzene rings is 2. The van der Waals surface area contributed by atoms with Crippen LogP contribution in [0.2, 0.25) is 0 Å². The molecule has 2 fully saturated rings. The van der Waals surface area contributed by atoms with Crippen molar-refractivity contribution in [2.75, 3.05) is 87.8 Å². The van der Waals surface area contributed by atoms with E-state index in [0.717, 1.165) is 0 Å². The van der Waals surface area contributed by atoms with Crippen LogP contribution in [0.3, 0.4) is 0 Å². The molecule has 4 aromatic rings. The molecule has 0 saturated carbocycles. The normalized spacial score (nSPS) is 14.7. The first-order chi connectivity index (χ1) is 22.3. The van der Waals surface area contributed by atoms with E-state index in [0.29, 0.717) is 120 Å². The first-order valence-corrected chi connectivity index (χ1v) is 14.6. The molecule has 6 N–H and O–H groups in total. The van der Waals surface area contributed by atoms with Crippen LogP contribution < -0.4 is 30.7 Å². The molecule has 2 amide bonds. The second-order valence-electron chi connectivity index (χ2n) is 10.6. The van der Waals surface area contributed by atoms with E-state index in [1.54, 1.807) is 48.3 Å². The molecule has 2 aromatic carbocycles. The smallest absolute Gasteiger partial charge is 0.228 e. The number of nitrogens with zero attached hydrogens (tertiary/aromatic N) is 8. The number of aliphatic hydroxyl groups excluding tert-OH is 2. The Morgan fingerprint density at radius 2 is 1.06 bits per heavy atom. The Kier molecular flexibility index (Phi) is 12.3. The van der Waals surface area contributed by atoms with Gasteiger partial charge in [-0.05, 0) is 29.3 Å². The predicted octanol–water partition coefficient (Wildman–Crippen LogP) is -0.198. The Morgan fingerprint density at radius 3 is 1.49 bits per heavy atom. The van der Waals surface area contributed by atoms with Gasteiger partial charge in [-0.15, -0.1) is 0 Å². The number of aliphatic hydroxyl groups is 2. The van der Waals surface area contributed by atoms with E-state index >= 15 is 0 Å². The summed E-state index contributed by atoms with van der Waals surface area (Å²) >= 11 is 0. The van der Waals surface area contributed by atoms with Crippen molar-refractivity contribution in [1.82, 2.24) is 29.7 Å². The summed E-state index contributed by atoms with van der Waals surface area (Å²) in [5, 5.41) is 20.1. The zero-order valence-electron chi connectivity index (χ0n) is 26.2. The number of carbonyl (C=O) groups excluding carboxylic acids is 2. The first-order valence-electron chi connectivity index (χ1n) is 14.6. The van der Waals surface area contributed by atoms with Gasteiger partial charge in [0.1, 0.15) is 11.6 Å². The van der Waals surface area contributed by atoms with Gasteiger partial charge in [0.25, 0.3) is 0 Å². The van der Waals surface area contributed by atoms with Crippen molar-refractivity contribution in [1.29, 1.82) is 0 Å². The van der Waals surface area contributed by atoms with Crippen molar-refractivity contribution in [3.05, 3.63) is 35.4 Å². The summed E-state index contributed by atoms with van der Waals surface area (Å²) in [5.41, 5.74) is 14.7. The van der Waals surface area contributed by atoms with Gasteiger partial charge in [-0.2, -0.15) is 22.8 Å². The maximum absolute atomic E-state index is 10.7. The van der Waals surface area contributed by atoms with Crippen LogP contribution in [0.1, 0.15) is 11.1 Å². The molecule has 2 saturated heterocycles. The summed E-state index contributed by atoms with van der Waals surface area (Å²) in [6.07, 6.45) is 3.79. The second kappa shape index (κ2) is 16.1. The number of hydrogen-bond donors (Lipinski definition) is 4. The largest absolute Gasteiger partial charge is 0.520 e. The van der Waals surface area contributed by atoms with Crippen molar-refractivity contribution in [3.8, 4) is 11.5 Å². The average molecular weight is 722 g/mol. The van der Waals surface area contributed by atoms with Crippen molar-refractivity contribution >= 4 is 58.2 Å². The fraction of sp³-hybridized carbons (Fsp3) is 0.400. The number of nitrogens with two attached hydrogens (primary N) is 2. The van der Waals surface area contributed by atoms with Crippen LogP contribution in [0.15, 0.2) is 24.3 Å². The molecule has 1 radical (unpaired) electrons. The molecule has 2 aliphatic heterocycles. The van der Waals surface area contributed by atoms with E-state index < -0.39 is 0 Å². The molecule has 0 atom stereocenters. The van der Waals surface area contributed by atoms with Crippen LogP contribution in [0.4, 0.5) is 23.5 Å². The number of piperazine rings is 2. The van der Waals surface area contributed by atoms with Crippen molar-refractivity contribution in [2.45, 2.75) is 13.2 Å². The number of aromatic nitrogens is 4. The van der Waals surface area contributed by atoms with Crippen LogP contribution >= 0.6 is 0 Å². The molecule has 0 bridgehead atoms. The quantitative estimate of drug-likeness (QED) is 0.174. The van der Waals surface area contributed by atoms with Gasteiger partial charge >= 0.3 is 0 Å². The van der Waals surface area contributed by atoms with Gasteiger partial charge < -0.3 is 60.3 Å². The predicted molar refractivity (Wildman–Crippen MR) is 172 cm³/mol. The van der Waals surface area contributed by atoms with E-state index in [4.69, 9.17) is 20.9 Å². The van der Waals surface area contributed by atoms with E-state index in [9.17, 15) is 19.8 Å². The number of methoxy groups -OCH3 is 2.